The Labute approximate surface area is 220 Å². The van der Waals surface area contributed by atoms with Crippen LogP contribution in [0.15, 0.2) is 60.9 Å². The SMILES string of the molecule is Cc1ccc(-c2cccc3[nH]c(-c4n[nH]c5ccc(-c6cncc(CN7CCC(F)(F)C7)c6)nc45)nc23)s1. The Kier molecular flexibility index (Phi) is 5.34. The molecule has 2 N–H and O–H groups in total. The summed E-state index contributed by atoms with van der Waals surface area (Å²) in [5, 5.41) is 7.59. The standard InChI is InChI=1S/C28H23F2N7S/c1-16-5-8-23(38-16)19-3-2-4-21-24(19)34-27(33-21)26-25-22(35-36-26)7-6-20(32-25)18-11-17(12-31-13-18)14-37-10-9-28(29,30)15-37/h2-8,11-13H,9-10,14-15H2,1H3,(H,33,34)(H,35,36). The first-order chi connectivity index (χ1) is 18.4. The molecule has 10 heteroatoms. The first kappa shape index (κ1) is 23.1. The van der Waals surface area contributed by atoms with Crippen LogP contribution in [-0.2, 0) is 6.54 Å². The zero-order valence-corrected chi connectivity index (χ0v) is 21.3. The second-order valence-electron chi connectivity index (χ2n) is 9.76. The van der Waals surface area contributed by atoms with Gasteiger partial charge in [0.05, 0.1) is 28.8 Å². The third kappa shape index (κ3) is 4.15. The van der Waals surface area contributed by atoms with Crippen LogP contribution >= 0.6 is 11.3 Å². The lowest BCUT2D eigenvalue weighted by Gasteiger charge is -2.15. The number of aromatic amines is 2. The molecule has 1 aromatic carbocycles. The molecule has 0 radical (unpaired) electrons. The number of halogens is 2. The Morgan fingerprint density at radius 2 is 1.95 bits per heavy atom. The molecule has 0 amide bonds. The highest BCUT2D eigenvalue weighted by Crippen LogP contribution is 2.35. The number of nitrogens with zero attached hydrogens (tertiary/aromatic N) is 5. The van der Waals surface area contributed by atoms with E-state index < -0.39 is 5.92 Å². The lowest BCUT2D eigenvalue weighted by molar-refractivity contribution is 0.0115. The van der Waals surface area contributed by atoms with Crippen molar-refractivity contribution in [1.82, 2.24) is 35.0 Å². The first-order valence-corrected chi connectivity index (χ1v) is 13.2. The lowest BCUT2D eigenvalue weighted by atomic mass is 10.1. The normalized spacial score (nSPS) is 15.7. The van der Waals surface area contributed by atoms with E-state index in [1.54, 1.807) is 28.6 Å². The van der Waals surface area contributed by atoms with Crippen molar-refractivity contribution in [2.24, 2.45) is 0 Å². The van der Waals surface area contributed by atoms with E-state index in [0.717, 1.165) is 38.9 Å². The van der Waals surface area contributed by atoms with E-state index in [9.17, 15) is 8.78 Å². The van der Waals surface area contributed by atoms with Crippen LogP contribution in [0, 0.1) is 6.92 Å². The van der Waals surface area contributed by atoms with E-state index in [1.165, 1.54) is 9.75 Å². The molecule has 1 fully saturated rings. The van der Waals surface area contributed by atoms with Gasteiger partial charge < -0.3 is 4.98 Å². The number of imidazole rings is 1. The van der Waals surface area contributed by atoms with Gasteiger partial charge in [-0.15, -0.1) is 11.3 Å². The molecule has 1 aliphatic heterocycles. The van der Waals surface area contributed by atoms with Gasteiger partial charge in [0.1, 0.15) is 5.52 Å². The summed E-state index contributed by atoms with van der Waals surface area (Å²) in [5.74, 6) is -1.98. The van der Waals surface area contributed by atoms with E-state index in [-0.39, 0.29) is 13.0 Å². The number of hydrogen-bond donors (Lipinski definition) is 2. The molecule has 190 valence electrons. The molecular weight excluding hydrogens is 504 g/mol. The van der Waals surface area contributed by atoms with Crippen LogP contribution < -0.4 is 0 Å². The number of hydrogen-bond acceptors (Lipinski definition) is 6. The van der Waals surface area contributed by atoms with Gasteiger partial charge in [0, 0.05) is 52.8 Å². The number of H-pyrrole nitrogens is 2. The number of rotatable bonds is 5. The molecule has 0 saturated carbocycles. The number of thiophene rings is 1. The zero-order valence-electron chi connectivity index (χ0n) is 20.5. The second-order valence-corrected chi connectivity index (χ2v) is 11.0. The average molecular weight is 528 g/mol. The molecule has 0 unspecified atom stereocenters. The molecule has 6 aromatic rings. The fourth-order valence-electron chi connectivity index (χ4n) is 5.06. The van der Waals surface area contributed by atoms with Gasteiger partial charge in [-0.1, -0.05) is 12.1 Å². The van der Waals surface area contributed by atoms with Gasteiger partial charge in [-0.2, -0.15) is 5.10 Å². The van der Waals surface area contributed by atoms with Crippen molar-refractivity contribution < 1.29 is 8.78 Å². The van der Waals surface area contributed by atoms with Gasteiger partial charge in [-0.3, -0.25) is 15.0 Å². The summed E-state index contributed by atoms with van der Waals surface area (Å²) < 4.78 is 27.3. The van der Waals surface area contributed by atoms with Crippen LogP contribution in [0.25, 0.3) is 55.3 Å². The molecule has 5 aromatic heterocycles. The van der Waals surface area contributed by atoms with Crippen LogP contribution in [0.2, 0.25) is 0 Å². The van der Waals surface area contributed by atoms with Crippen LogP contribution in [-0.4, -0.2) is 54.0 Å². The summed E-state index contributed by atoms with van der Waals surface area (Å²) >= 11 is 1.74. The largest absolute Gasteiger partial charge is 0.336 e. The maximum absolute atomic E-state index is 13.6. The fourth-order valence-corrected chi connectivity index (χ4v) is 5.96. The maximum Gasteiger partial charge on any atom is 0.261 e. The van der Waals surface area contributed by atoms with E-state index in [4.69, 9.17) is 9.97 Å². The molecule has 0 spiro atoms. The quantitative estimate of drug-likeness (QED) is 0.269. The summed E-state index contributed by atoms with van der Waals surface area (Å²) in [7, 11) is 0. The van der Waals surface area contributed by atoms with Crippen LogP contribution in [0.5, 0.6) is 0 Å². The minimum atomic E-state index is -2.62. The molecule has 0 bridgehead atoms. The molecular formula is C28H23F2N7S. The van der Waals surface area contributed by atoms with Crippen molar-refractivity contribution >= 4 is 33.4 Å². The Bertz CT molecular complexity index is 1800. The monoisotopic (exact) mass is 527 g/mol. The predicted octanol–water partition coefficient (Wildman–Crippen LogP) is 6.44. The molecule has 7 rings (SSSR count). The molecule has 7 nitrogen and oxygen atoms in total. The number of benzene rings is 1. The third-order valence-electron chi connectivity index (χ3n) is 6.90. The van der Waals surface area contributed by atoms with Crippen molar-refractivity contribution in [3.8, 4) is 33.2 Å². The molecule has 1 aliphatic rings. The Balaban J connectivity index is 1.24. The highest BCUT2D eigenvalue weighted by Gasteiger charge is 2.37. The number of fused-ring (bicyclic) bond motifs is 2. The first-order valence-electron chi connectivity index (χ1n) is 12.4. The zero-order chi connectivity index (χ0) is 25.9. The number of nitrogens with one attached hydrogen (secondary N) is 2. The summed E-state index contributed by atoms with van der Waals surface area (Å²) in [6.07, 6.45) is 3.37. The van der Waals surface area contributed by atoms with Gasteiger partial charge in [0.15, 0.2) is 11.5 Å². The van der Waals surface area contributed by atoms with Crippen molar-refractivity contribution in [2.45, 2.75) is 25.8 Å². The Morgan fingerprint density at radius 1 is 1.03 bits per heavy atom. The highest BCUT2D eigenvalue weighted by atomic mass is 32.1. The van der Waals surface area contributed by atoms with E-state index in [2.05, 4.69) is 45.3 Å². The van der Waals surface area contributed by atoms with Crippen LogP contribution in [0.3, 0.4) is 0 Å². The minimum Gasteiger partial charge on any atom is -0.336 e. The number of likely N-dealkylation sites (tertiary alicyclic amines) is 1. The molecule has 6 heterocycles. The maximum atomic E-state index is 13.6. The summed E-state index contributed by atoms with van der Waals surface area (Å²) in [5.41, 5.74) is 7.45. The van der Waals surface area contributed by atoms with Crippen molar-refractivity contribution in [3.63, 3.8) is 0 Å². The van der Waals surface area contributed by atoms with E-state index in [0.29, 0.717) is 30.1 Å². The highest BCUT2D eigenvalue weighted by molar-refractivity contribution is 7.15. The number of pyridine rings is 2. The van der Waals surface area contributed by atoms with Crippen molar-refractivity contribution in [1.29, 1.82) is 0 Å². The Hall–Kier alpha value is -4.02. The van der Waals surface area contributed by atoms with Crippen LogP contribution in [0.1, 0.15) is 16.9 Å². The number of alkyl halides is 2. The molecule has 1 saturated heterocycles. The van der Waals surface area contributed by atoms with E-state index >= 15 is 0 Å². The van der Waals surface area contributed by atoms with Gasteiger partial charge in [-0.25, -0.2) is 18.7 Å². The fraction of sp³-hybridized carbons (Fsp3) is 0.214. The van der Waals surface area contributed by atoms with Crippen molar-refractivity contribution in [2.75, 3.05) is 13.1 Å². The van der Waals surface area contributed by atoms with Gasteiger partial charge in [0.2, 0.25) is 0 Å². The van der Waals surface area contributed by atoms with E-state index in [1.807, 2.05) is 30.3 Å². The van der Waals surface area contributed by atoms with Gasteiger partial charge in [-0.05, 0) is 48.9 Å². The number of aryl methyl sites for hydroxylation is 1. The van der Waals surface area contributed by atoms with Crippen LogP contribution in [0.4, 0.5) is 8.78 Å². The number of aromatic nitrogens is 6. The average Bonchev–Trinajstić information content (AvgIpc) is 3.69. The van der Waals surface area contributed by atoms with Gasteiger partial charge >= 0.3 is 0 Å². The summed E-state index contributed by atoms with van der Waals surface area (Å²) in [4.78, 5) is 21.8. The third-order valence-corrected chi connectivity index (χ3v) is 7.93. The summed E-state index contributed by atoms with van der Waals surface area (Å²) in [6.45, 7) is 2.69. The molecule has 0 aliphatic carbocycles. The number of para-hydroxylation sites is 1. The predicted molar refractivity (Wildman–Crippen MR) is 145 cm³/mol. The minimum absolute atomic E-state index is 0.0993. The Morgan fingerprint density at radius 3 is 2.76 bits per heavy atom. The van der Waals surface area contributed by atoms with Crippen molar-refractivity contribution in [3.05, 3.63) is 71.4 Å². The molecule has 0 atom stereocenters. The summed E-state index contributed by atoms with van der Waals surface area (Å²) in [6, 6.07) is 16.2. The lowest BCUT2D eigenvalue weighted by Crippen LogP contribution is -2.24. The second kappa shape index (κ2) is 8.78. The topological polar surface area (TPSA) is 86.4 Å². The van der Waals surface area contributed by atoms with Gasteiger partial charge in [0.25, 0.3) is 5.92 Å². The smallest absolute Gasteiger partial charge is 0.261 e. The molecule has 38 heavy (non-hydrogen) atoms.